The van der Waals surface area contributed by atoms with Crippen LogP contribution in [0, 0.1) is 0 Å². The molecule has 0 radical (unpaired) electrons. The number of nitrogens with two attached hydrogens (primary N) is 1. The third-order valence-electron chi connectivity index (χ3n) is 3.68. The average Bonchev–Trinajstić information content (AvgIpc) is 2.98. The zero-order valence-corrected chi connectivity index (χ0v) is 13.7. The maximum Gasteiger partial charge on any atom is 0.329 e. The second-order valence-electron chi connectivity index (χ2n) is 5.19. The largest absolute Gasteiger partial charge is 0.497 e. The number of carbonyl (C=O) groups is 1. The van der Waals surface area contributed by atoms with Crippen LogP contribution in [0.15, 0.2) is 39.2 Å². The standard InChI is InChI=1S/C16H15N3O4S/c1-23-10-4-2-3-9(7-10)11-8-24-14-13(11)15(21)19(16(22)18-14)6-5-12(17)20/h2-4,7-8H,5-6H2,1H3,(H2,17,20)(H,18,22). The highest BCUT2D eigenvalue weighted by molar-refractivity contribution is 7.17. The Kier molecular flexibility index (Phi) is 4.22. The summed E-state index contributed by atoms with van der Waals surface area (Å²) in [5.41, 5.74) is 5.65. The second kappa shape index (κ2) is 6.32. The van der Waals surface area contributed by atoms with E-state index in [1.807, 2.05) is 29.6 Å². The van der Waals surface area contributed by atoms with E-state index in [1.165, 1.54) is 11.3 Å². The summed E-state index contributed by atoms with van der Waals surface area (Å²) in [5.74, 6) is 0.102. The summed E-state index contributed by atoms with van der Waals surface area (Å²) in [6.45, 7) is -0.0488. The number of nitrogens with one attached hydrogen (secondary N) is 1. The number of hydrogen-bond donors (Lipinski definition) is 2. The smallest absolute Gasteiger partial charge is 0.329 e. The number of carbonyl (C=O) groups excluding carboxylic acids is 1. The van der Waals surface area contributed by atoms with Gasteiger partial charge in [-0.3, -0.25) is 19.1 Å². The van der Waals surface area contributed by atoms with E-state index in [1.54, 1.807) is 7.11 Å². The van der Waals surface area contributed by atoms with E-state index < -0.39 is 17.2 Å². The van der Waals surface area contributed by atoms with Gasteiger partial charge in [-0.2, -0.15) is 0 Å². The van der Waals surface area contributed by atoms with E-state index in [0.717, 1.165) is 10.1 Å². The van der Waals surface area contributed by atoms with Gasteiger partial charge in [0.2, 0.25) is 5.91 Å². The van der Waals surface area contributed by atoms with Crippen LogP contribution in [0.2, 0.25) is 0 Å². The Balaban J connectivity index is 2.20. The Hall–Kier alpha value is -2.87. The van der Waals surface area contributed by atoms with Gasteiger partial charge < -0.3 is 10.5 Å². The fraction of sp³-hybridized carbons (Fsp3) is 0.188. The molecule has 2 heterocycles. The van der Waals surface area contributed by atoms with Crippen molar-refractivity contribution in [1.82, 2.24) is 9.55 Å². The normalized spacial score (nSPS) is 10.9. The summed E-state index contributed by atoms with van der Waals surface area (Å²) in [4.78, 5) is 38.9. The first kappa shape index (κ1) is 16.0. The molecule has 0 atom stereocenters. The minimum absolute atomic E-state index is 0.0488. The van der Waals surface area contributed by atoms with Gasteiger partial charge in [0.15, 0.2) is 0 Å². The molecule has 0 spiro atoms. The van der Waals surface area contributed by atoms with Crippen LogP contribution in [0.5, 0.6) is 5.75 Å². The van der Waals surface area contributed by atoms with Crippen molar-refractivity contribution in [3.8, 4) is 16.9 Å². The van der Waals surface area contributed by atoms with Gasteiger partial charge in [0.25, 0.3) is 5.56 Å². The number of nitrogens with zero attached hydrogens (tertiary/aromatic N) is 1. The zero-order valence-electron chi connectivity index (χ0n) is 12.9. The highest BCUT2D eigenvalue weighted by Crippen LogP contribution is 2.31. The number of thiophene rings is 1. The lowest BCUT2D eigenvalue weighted by Gasteiger charge is -2.06. The van der Waals surface area contributed by atoms with Crippen molar-refractivity contribution in [3.05, 3.63) is 50.5 Å². The van der Waals surface area contributed by atoms with E-state index in [4.69, 9.17) is 10.5 Å². The first-order valence-corrected chi connectivity index (χ1v) is 8.06. The Morgan fingerprint density at radius 1 is 1.38 bits per heavy atom. The maximum atomic E-state index is 12.7. The van der Waals surface area contributed by atoms with Crippen molar-refractivity contribution in [2.45, 2.75) is 13.0 Å². The predicted octanol–water partition coefficient (Wildman–Crippen LogP) is 1.30. The monoisotopic (exact) mass is 345 g/mol. The molecule has 0 bridgehead atoms. The van der Waals surface area contributed by atoms with E-state index in [2.05, 4.69) is 4.98 Å². The van der Waals surface area contributed by atoms with Crippen LogP contribution in [0.25, 0.3) is 21.3 Å². The summed E-state index contributed by atoms with van der Waals surface area (Å²) < 4.78 is 6.22. The second-order valence-corrected chi connectivity index (χ2v) is 6.07. The highest BCUT2D eigenvalue weighted by atomic mass is 32.1. The molecular weight excluding hydrogens is 330 g/mol. The van der Waals surface area contributed by atoms with Crippen LogP contribution in [-0.2, 0) is 11.3 Å². The van der Waals surface area contributed by atoms with E-state index in [-0.39, 0.29) is 13.0 Å². The summed E-state index contributed by atoms with van der Waals surface area (Å²) in [7, 11) is 1.57. The van der Waals surface area contributed by atoms with Crippen molar-refractivity contribution >= 4 is 27.5 Å². The third kappa shape index (κ3) is 2.83. The molecule has 0 saturated heterocycles. The number of benzene rings is 1. The van der Waals surface area contributed by atoms with Gasteiger partial charge in [-0.1, -0.05) is 12.1 Å². The van der Waals surface area contributed by atoms with Gasteiger partial charge in [0.05, 0.1) is 12.5 Å². The highest BCUT2D eigenvalue weighted by Gasteiger charge is 2.15. The molecule has 0 aliphatic carbocycles. The number of amides is 1. The van der Waals surface area contributed by atoms with Crippen molar-refractivity contribution in [2.75, 3.05) is 7.11 Å². The summed E-state index contributed by atoms with van der Waals surface area (Å²) in [6, 6.07) is 7.32. The van der Waals surface area contributed by atoms with Crippen LogP contribution in [0.1, 0.15) is 6.42 Å². The number of ether oxygens (including phenoxy) is 1. The maximum absolute atomic E-state index is 12.7. The summed E-state index contributed by atoms with van der Waals surface area (Å²) >= 11 is 1.28. The van der Waals surface area contributed by atoms with Gasteiger partial charge in [-0.15, -0.1) is 11.3 Å². The van der Waals surface area contributed by atoms with E-state index >= 15 is 0 Å². The SMILES string of the molecule is COc1cccc(-c2csc3[nH]c(=O)n(CCC(N)=O)c(=O)c23)c1. The number of methoxy groups -OCH3 is 1. The minimum atomic E-state index is -0.570. The Labute approximate surface area is 140 Å². The first-order chi connectivity index (χ1) is 11.5. The molecule has 0 unspecified atom stereocenters. The van der Waals surface area contributed by atoms with Crippen molar-refractivity contribution in [1.29, 1.82) is 0 Å². The van der Waals surface area contributed by atoms with Crippen LogP contribution < -0.4 is 21.7 Å². The molecule has 0 saturated carbocycles. The van der Waals surface area contributed by atoms with Gasteiger partial charge in [-0.25, -0.2) is 4.79 Å². The van der Waals surface area contributed by atoms with Crippen LogP contribution in [0.4, 0.5) is 0 Å². The minimum Gasteiger partial charge on any atom is -0.497 e. The molecule has 0 aliphatic heterocycles. The van der Waals surface area contributed by atoms with E-state index in [0.29, 0.717) is 21.5 Å². The molecule has 7 nitrogen and oxygen atoms in total. The Bertz CT molecular complexity index is 1030. The number of hydrogen-bond acceptors (Lipinski definition) is 5. The number of fused-ring (bicyclic) bond motifs is 1. The molecule has 24 heavy (non-hydrogen) atoms. The number of aromatic amines is 1. The molecule has 3 rings (SSSR count). The lowest BCUT2D eigenvalue weighted by molar-refractivity contribution is -0.118. The number of primary amides is 1. The summed E-state index contributed by atoms with van der Waals surface area (Å²) in [5, 5.41) is 2.23. The van der Waals surface area contributed by atoms with Crippen LogP contribution in [0.3, 0.4) is 0 Å². The van der Waals surface area contributed by atoms with Gasteiger partial charge >= 0.3 is 5.69 Å². The third-order valence-corrected chi connectivity index (χ3v) is 4.57. The van der Waals surface area contributed by atoms with Gasteiger partial charge in [-0.05, 0) is 17.7 Å². The molecule has 124 valence electrons. The molecule has 1 amide bonds. The van der Waals surface area contributed by atoms with Gasteiger partial charge in [0.1, 0.15) is 10.6 Å². The first-order valence-electron chi connectivity index (χ1n) is 7.18. The number of rotatable bonds is 5. The van der Waals surface area contributed by atoms with Crippen LogP contribution in [-0.4, -0.2) is 22.6 Å². The predicted molar refractivity (Wildman–Crippen MR) is 92.5 cm³/mol. The average molecular weight is 345 g/mol. The lowest BCUT2D eigenvalue weighted by Crippen LogP contribution is -2.36. The lowest BCUT2D eigenvalue weighted by atomic mass is 10.1. The topological polar surface area (TPSA) is 107 Å². The molecule has 0 aliphatic rings. The molecule has 8 heteroatoms. The molecule has 3 aromatic rings. The van der Waals surface area contributed by atoms with Crippen molar-refractivity contribution < 1.29 is 9.53 Å². The number of H-pyrrole nitrogens is 1. The number of aromatic nitrogens is 2. The molecule has 1 aromatic carbocycles. The Morgan fingerprint density at radius 3 is 2.88 bits per heavy atom. The Morgan fingerprint density at radius 2 is 2.17 bits per heavy atom. The van der Waals surface area contributed by atoms with Crippen molar-refractivity contribution in [2.24, 2.45) is 5.73 Å². The fourth-order valence-electron chi connectivity index (χ4n) is 2.48. The molecule has 0 fully saturated rings. The molecule has 3 N–H and O–H groups in total. The summed E-state index contributed by atoms with van der Waals surface area (Å²) in [6.07, 6.45) is -0.0763. The quantitative estimate of drug-likeness (QED) is 0.727. The zero-order chi connectivity index (χ0) is 17.3. The van der Waals surface area contributed by atoms with Crippen LogP contribution >= 0.6 is 11.3 Å². The fourth-order valence-corrected chi connectivity index (χ4v) is 3.43. The molecule has 2 aromatic heterocycles. The van der Waals surface area contributed by atoms with Crippen molar-refractivity contribution in [3.63, 3.8) is 0 Å². The van der Waals surface area contributed by atoms with E-state index in [9.17, 15) is 14.4 Å². The van der Waals surface area contributed by atoms with Gasteiger partial charge in [0, 0.05) is 23.9 Å². The molecular formula is C16H15N3O4S.